The van der Waals surface area contributed by atoms with Gasteiger partial charge < -0.3 is 4.74 Å². The third-order valence-corrected chi connectivity index (χ3v) is 0.919. The van der Waals surface area contributed by atoms with Crippen LogP contribution < -0.4 is 0 Å². The van der Waals surface area contributed by atoms with E-state index in [-0.39, 0.29) is 5.95 Å². The Morgan fingerprint density at radius 2 is 2.25 bits per heavy atom. The maximum absolute atomic E-state index is 10.2. The van der Waals surface area contributed by atoms with Gasteiger partial charge >= 0.3 is 14.0 Å². The second-order valence-electron chi connectivity index (χ2n) is 1.11. The number of rotatable bonds is 3. The fourth-order valence-electron chi connectivity index (χ4n) is 0.181. The van der Waals surface area contributed by atoms with Gasteiger partial charge in [0, 0.05) is 0 Å². The van der Waals surface area contributed by atoms with E-state index < -0.39 is 8.03 Å². The van der Waals surface area contributed by atoms with E-state index in [1.54, 1.807) is 0 Å². The van der Waals surface area contributed by atoms with E-state index in [2.05, 4.69) is 15.8 Å². The lowest BCUT2D eigenvalue weighted by Crippen LogP contribution is -1.82. The lowest BCUT2D eigenvalue weighted by Gasteiger charge is -1.90. The summed E-state index contributed by atoms with van der Waals surface area (Å²) in [7, 11) is -0.216. The Morgan fingerprint density at radius 1 is 1.75 bits per heavy atom. The Hall–Kier alpha value is -0.560. The van der Waals surface area contributed by atoms with Gasteiger partial charge in [0.05, 0.1) is 7.11 Å². The van der Waals surface area contributed by atoms with Crippen LogP contribution in [0.3, 0.4) is 0 Å². The van der Waals surface area contributed by atoms with Gasteiger partial charge in [-0.2, -0.15) is 0 Å². The normalized spacial score (nSPS) is 10.0. The highest BCUT2D eigenvalue weighted by atomic mass is 31.1. The Morgan fingerprint density at radius 3 is 2.38 bits per heavy atom. The molecule has 0 amide bonds. The predicted molar refractivity (Wildman–Crippen MR) is 30.8 cm³/mol. The van der Waals surface area contributed by atoms with Gasteiger partial charge in [0.2, 0.25) is 0 Å². The van der Waals surface area contributed by atoms with Crippen LogP contribution in [-0.4, -0.2) is 13.8 Å². The third-order valence-electron chi connectivity index (χ3n) is 0.458. The second-order valence-corrected chi connectivity index (χ2v) is 2.17. The van der Waals surface area contributed by atoms with Crippen molar-refractivity contribution in [3.63, 3.8) is 0 Å². The lowest BCUT2D eigenvalue weighted by molar-refractivity contribution is 0.161. The van der Waals surface area contributed by atoms with Crippen molar-refractivity contribution in [1.82, 2.24) is 0 Å². The monoisotopic (exact) mass is 135 g/mol. The number of hydrogen-bond donors (Lipinski definition) is 0. The third kappa shape index (κ3) is 3.62. The first-order valence-electron chi connectivity index (χ1n) is 1.98. The molecule has 1 unspecified atom stereocenters. The molecule has 0 aliphatic heterocycles. The van der Waals surface area contributed by atoms with E-state index >= 15 is 0 Å². The molecule has 0 aromatic rings. The molecule has 0 saturated carbocycles. The Bertz CT molecular complexity index is 110. The molecule has 0 bridgehead atoms. The summed E-state index contributed by atoms with van der Waals surface area (Å²) in [4.78, 5) is 0. The zero-order valence-electron chi connectivity index (χ0n) is 4.88. The fourth-order valence-corrected chi connectivity index (χ4v) is 0.542. The van der Waals surface area contributed by atoms with Gasteiger partial charge in [-0.15, -0.1) is 0 Å². The van der Waals surface area contributed by atoms with E-state index in [9.17, 15) is 4.57 Å². The van der Waals surface area contributed by atoms with Gasteiger partial charge in [-0.3, -0.25) is 0 Å². The SMILES string of the molecule is C=C(OC)O[P+](C)=O. The molecule has 0 fully saturated rings. The summed E-state index contributed by atoms with van der Waals surface area (Å²) in [5.41, 5.74) is 0. The van der Waals surface area contributed by atoms with Crippen LogP contribution in [0.1, 0.15) is 0 Å². The van der Waals surface area contributed by atoms with Crippen LogP contribution >= 0.6 is 8.03 Å². The number of ether oxygens (including phenoxy) is 1. The number of hydrogen-bond acceptors (Lipinski definition) is 3. The Balaban J connectivity index is 3.40. The smallest absolute Gasteiger partial charge is 0.466 e. The van der Waals surface area contributed by atoms with E-state index in [0.29, 0.717) is 0 Å². The average Bonchev–Trinajstić information content (AvgIpc) is 1.65. The summed E-state index contributed by atoms with van der Waals surface area (Å²) in [5.74, 6) is 0.0913. The molecule has 3 nitrogen and oxygen atoms in total. The van der Waals surface area contributed by atoms with Crippen molar-refractivity contribution in [1.29, 1.82) is 0 Å². The first-order valence-corrected chi connectivity index (χ1v) is 3.61. The first kappa shape index (κ1) is 7.44. The van der Waals surface area contributed by atoms with Gasteiger partial charge in [-0.25, -0.2) is 4.52 Å². The molecule has 0 aliphatic carbocycles. The molecule has 1 atom stereocenters. The van der Waals surface area contributed by atoms with Crippen molar-refractivity contribution in [2.45, 2.75) is 0 Å². The molecular formula is C4H8O3P+. The molecule has 46 valence electrons. The van der Waals surface area contributed by atoms with Gasteiger partial charge in [0.1, 0.15) is 0 Å². The summed E-state index contributed by atoms with van der Waals surface area (Å²) in [6, 6.07) is 0. The second kappa shape index (κ2) is 3.44. The minimum atomic E-state index is -1.62. The van der Waals surface area contributed by atoms with Crippen LogP contribution in [-0.2, 0) is 13.8 Å². The molecule has 0 N–H and O–H groups in total. The molecule has 0 saturated heterocycles. The molecule has 0 aromatic carbocycles. The van der Waals surface area contributed by atoms with Gasteiger partial charge in [-0.05, 0) is 11.1 Å². The molecule has 0 aromatic heterocycles. The first-order chi connectivity index (χ1) is 3.66. The van der Waals surface area contributed by atoms with Crippen LogP contribution in [0.5, 0.6) is 0 Å². The summed E-state index contributed by atoms with van der Waals surface area (Å²) in [6.07, 6.45) is 0. The highest BCUT2D eigenvalue weighted by Gasteiger charge is 2.08. The predicted octanol–water partition coefficient (Wildman–Crippen LogP) is 1.49. The van der Waals surface area contributed by atoms with Crippen molar-refractivity contribution in [2.75, 3.05) is 13.8 Å². The van der Waals surface area contributed by atoms with Crippen molar-refractivity contribution >= 4 is 8.03 Å². The highest BCUT2D eigenvalue weighted by molar-refractivity contribution is 7.38. The number of methoxy groups -OCH3 is 1. The summed E-state index contributed by atoms with van der Waals surface area (Å²) in [5, 5.41) is 0. The zero-order valence-corrected chi connectivity index (χ0v) is 5.77. The Labute approximate surface area is 49.2 Å². The standard InChI is InChI=1S/C4H8O3P/c1-4(6-2)7-8(3)5/h1H2,2-3H3/q+1. The molecule has 4 heteroatoms. The molecule has 0 radical (unpaired) electrons. The maximum atomic E-state index is 10.2. The topological polar surface area (TPSA) is 35.5 Å². The van der Waals surface area contributed by atoms with E-state index in [1.807, 2.05) is 0 Å². The van der Waals surface area contributed by atoms with Crippen molar-refractivity contribution in [3.8, 4) is 0 Å². The summed E-state index contributed by atoms with van der Waals surface area (Å²) >= 11 is 0. The van der Waals surface area contributed by atoms with Crippen LogP contribution in [0.2, 0.25) is 0 Å². The molecule has 8 heavy (non-hydrogen) atoms. The van der Waals surface area contributed by atoms with Crippen LogP contribution in [0, 0.1) is 0 Å². The highest BCUT2D eigenvalue weighted by Crippen LogP contribution is 2.19. The van der Waals surface area contributed by atoms with Crippen molar-refractivity contribution < 1.29 is 13.8 Å². The minimum Gasteiger partial charge on any atom is -0.466 e. The van der Waals surface area contributed by atoms with Gasteiger partial charge in [-0.1, -0.05) is 0 Å². The van der Waals surface area contributed by atoms with Crippen LogP contribution in [0.4, 0.5) is 0 Å². The quantitative estimate of drug-likeness (QED) is 0.434. The van der Waals surface area contributed by atoms with Gasteiger partial charge in [0.15, 0.2) is 6.66 Å². The fraction of sp³-hybridized carbons (Fsp3) is 0.500. The molecular weight excluding hydrogens is 127 g/mol. The van der Waals surface area contributed by atoms with E-state index in [4.69, 9.17) is 0 Å². The maximum Gasteiger partial charge on any atom is 0.555 e. The molecule has 0 spiro atoms. The molecule has 0 heterocycles. The summed E-state index contributed by atoms with van der Waals surface area (Å²) in [6.45, 7) is 4.72. The van der Waals surface area contributed by atoms with Crippen molar-refractivity contribution in [2.24, 2.45) is 0 Å². The van der Waals surface area contributed by atoms with Crippen molar-refractivity contribution in [3.05, 3.63) is 12.5 Å². The zero-order chi connectivity index (χ0) is 6.57. The van der Waals surface area contributed by atoms with E-state index in [0.717, 1.165) is 0 Å². The minimum absolute atomic E-state index is 0.0913. The summed E-state index contributed by atoms with van der Waals surface area (Å²) < 4.78 is 19.2. The van der Waals surface area contributed by atoms with Crippen LogP contribution in [0.25, 0.3) is 0 Å². The van der Waals surface area contributed by atoms with E-state index in [1.165, 1.54) is 13.8 Å². The molecule has 0 rings (SSSR count). The Kier molecular flexibility index (Phi) is 3.20. The lowest BCUT2D eigenvalue weighted by atomic mass is 11.0. The molecule has 0 aliphatic rings. The largest absolute Gasteiger partial charge is 0.555 e. The van der Waals surface area contributed by atoms with Gasteiger partial charge in [0.25, 0.3) is 0 Å². The average molecular weight is 135 g/mol. The van der Waals surface area contributed by atoms with Crippen LogP contribution in [0.15, 0.2) is 12.5 Å².